The Morgan fingerprint density at radius 2 is 2.07 bits per heavy atom. The first-order valence-electron chi connectivity index (χ1n) is 4.71. The molecule has 0 spiro atoms. The van der Waals surface area contributed by atoms with Crippen LogP contribution in [0.3, 0.4) is 0 Å². The zero-order valence-electron chi connectivity index (χ0n) is 8.18. The van der Waals surface area contributed by atoms with Gasteiger partial charge in [0.1, 0.15) is 0 Å². The molecular formula is C10H12N4O. The zero-order chi connectivity index (χ0) is 10.5. The highest BCUT2D eigenvalue weighted by molar-refractivity contribution is 5.42. The highest BCUT2D eigenvalue weighted by atomic mass is 16.5. The highest BCUT2D eigenvalue weighted by Crippen LogP contribution is 2.05. The quantitative estimate of drug-likeness (QED) is 0.785. The number of nitrogens with two attached hydrogens (primary N) is 1. The molecule has 15 heavy (non-hydrogen) atoms. The summed E-state index contributed by atoms with van der Waals surface area (Å²) in [6.07, 6.45) is 0.666. The number of para-hydroxylation sites is 1. The molecule has 1 aromatic carbocycles. The Bertz CT molecular complexity index is 412. The molecule has 0 aliphatic carbocycles. The first kappa shape index (κ1) is 9.51. The van der Waals surface area contributed by atoms with Crippen molar-refractivity contribution in [3.63, 3.8) is 0 Å². The molecule has 0 bridgehead atoms. The normalized spacial score (nSPS) is 10.1. The number of benzene rings is 1. The van der Waals surface area contributed by atoms with Crippen molar-refractivity contribution in [2.24, 2.45) is 0 Å². The topological polar surface area (TPSA) is 77.0 Å². The maximum Gasteiger partial charge on any atom is 0.260 e. The summed E-state index contributed by atoms with van der Waals surface area (Å²) in [5.41, 5.74) is 6.40. The minimum atomic E-state index is 0.185. The fourth-order valence-corrected chi connectivity index (χ4v) is 1.24. The summed E-state index contributed by atoms with van der Waals surface area (Å²) < 4.78 is 4.88. The monoisotopic (exact) mass is 204 g/mol. The van der Waals surface area contributed by atoms with Crippen LogP contribution in [0.4, 0.5) is 11.6 Å². The lowest BCUT2D eigenvalue weighted by Gasteiger charge is -2.02. The van der Waals surface area contributed by atoms with Crippen LogP contribution in [0, 0.1) is 0 Å². The molecule has 0 unspecified atom stereocenters. The number of nitrogens with one attached hydrogen (secondary N) is 1. The van der Waals surface area contributed by atoms with Gasteiger partial charge in [0.25, 0.3) is 5.95 Å². The minimum absolute atomic E-state index is 0.185. The Morgan fingerprint density at radius 1 is 1.27 bits per heavy atom. The predicted molar refractivity (Wildman–Crippen MR) is 57.3 cm³/mol. The number of rotatable bonds is 4. The molecule has 5 nitrogen and oxygen atoms in total. The number of aromatic nitrogens is 2. The van der Waals surface area contributed by atoms with Gasteiger partial charge in [0.05, 0.1) is 0 Å². The largest absolute Gasteiger partial charge is 0.385 e. The second-order valence-electron chi connectivity index (χ2n) is 3.09. The van der Waals surface area contributed by atoms with E-state index in [1.807, 2.05) is 30.3 Å². The van der Waals surface area contributed by atoms with Crippen molar-refractivity contribution in [1.82, 2.24) is 10.1 Å². The highest BCUT2D eigenvalue weighted by Gasteiger charge is 2.01. The molecule has 0 fully saturated rings. The Balaban J connectivity index is 1.80. The third-order valence-corrected chi connectivity index (χ3v) is 1.93. The number of anilines is 2. The maximum atomic E-state index is 5.33. The summed E-state index contributed by atoms with van der Waals surface area (Å²) in [7, 11) is 0. The molecule has 5 heteroatoms. The summed E-state index contributed by atoms with van der Waals surface area (Å²) in [6.45, 7) is 0.742. The summed E-state index contributed by atoms with van der Waals surface area (Å²) in [5, 5.41) is 6.74. The van der Waals surface area contributed by atoms with Gasteiger partial charge in [-0.25, -0.2) is 0 Å². The Kier molecular flexibility index (Phi) is 2.82. The summed E-state index contributed by atoms with van der Waals surface area (Å²) in [5.74, 6) is 0.737. The lowest BCUT2D eigenvalue weighted by Crippen LogP contribution is -2.04. The van der Waals surface area contributed by atoms with Crippen molar-refractivity contribution in [3.8, 4) is 0 Å². The van der Waals surface area contributed by atoms with Crippen molar-refractivity contribution in [3.05, 3.63) is 36.2 Å². The molecule has 3 N–H and O–H groups in total. The van der Waals surface area contributed by atoms with Gasteiger partial charge in [-0.15, -0.1) is 0 Å². The standard InChI is InChI=1S/C10H12N4O/c11-10-13-9(15-14-10)6-7-12-8-4-2-1-3-5-8/h1-5,12H,6-7H2,(H2,11,14). The molecule has 0 atom stereocenters. The van der Waals surface area contributed by atoms with Crippen molar-refractivity contribution < 1.29 is 4.52 Å². The second kappa shape index (κ2) is 4.45. The van der Waals surface area contributed by atoms with Gasteiger partial charge in [-0.05, 0) is 17.3 Å². The molecule has 0 aliphatic heterocycles. The van der Waals surface area contributed by atoms with Gasteiger partial charge in [-0.3, -0.25) is 0 Å². The van der Waals surface area contributed by atoms with Gasteiger partial charge in [-0.2, -0.15) is 4.98 Å². The smallest absolute Gasteiger partial charge is 0.260 e. The van der Waals surface area contributed by atoms with E-state index in [0.29, 0.717) is 12.3 Å². The number of hydrogen-bond donors (Lipinski definition) is 2. The Labute approximate surface area is 87.3 Å². The molecule has 0 saturated carbocycles. The van der Waals surface area contributed by atoms with Gasteiger partial charge in [0, 0.05) is 18.7 Å². The van der Waals surface area contributed by atoms with Crippen LogP contribution in [0.5, 0.6) is 0 Å². The molecular weight excluding hydrogens is 192 g/mol. The molecule has 0 saturated heterocycles. The molecule has 0 amide bonds. The molecule has 0 aliphatic rings. The van der Waals surface area contributed by atoms with Gasteiger partial charge < -0.3 is 15.6 Å². The van der Waals surface area contributed by atoms with E-state index in [0.717, 1.165) is 12.2 Å². The van der Waals surface area contributed by atoms with Crippen LogP contribution in [0.15, 0.2) is 34.9 Å². The summed E-state index contributed by atoms with van der Waals surface area (Å²) in [4.78, 5) is 3.90. The predicted octanol–water partition coefficient (Wildman–Crippen LogP) is 1.31. The first-order valence-corrected chi connectivity index (χ1v) is 4.71. The van der Waals surface area contributed by atoms with E-state index in [2.05, 4.69) is 15.5 Å². The number of hydrogen-bond acceptors (Lipinski definition) is 5. The molecule has 78 valence electrons. The molecule has 1 heterocycles. The Hall–Kier alpha value is -2.04. The van der Waals surface area contributed by atoms with E-state index < -0.39 is 0 Å². The van der Waals surface area contributed by atoms with Gasteiger partial charge in [0.2, 0.25) is 5.89 Å². The minimum Gasteiger partial charge on any atom is -0.385 e. The van der Waals surface area contributed by atoms with Crippen LogP contribution >= 0.6 is 0 Å². The van der Waals surface area contributed by atoms with Crippen LogP contribution in [0.2, 0.25) is 0 Å². The Morgan fingerprint density at radius 3 is 2.73 bits per heavy atom. The molecule has 0 radical (unpaired) electrons. The van der Waals surface area contributed by atoms with Crippen LogP contribution in [-0.2, 0) is 6.42 Å². The third-order valence-electron chi connectivity index (χ3n) is 1.93. The van der Waals surface area contributed by atoms with E-state index in [1.54, 1.807) is 0 Å². The van der Waals surface area contributed by atoms with Crippen LogP contribution in [0.25, 0.3) is 0 Å². The van der Waals surface area contributed by atoms with Gasteiger partial charge in [0.15, 0.2) is 0 Å². The molecule has 1 aromatic heterocycles. The third kappa shape index (κ3) is 2.70. The second-order valence-corrected chi connectivity index (χ2v) is 3.09. The summed E-state index contributed by atoms with van der Waals surface area (Å²) >= 11 is 0. The van der Waals surface area contributed by atoms with E-state index in [1.165, 1.54) is 0 Å². The zero-order valence-corrected chi connectivity index (χ0v) is 8.18. The number of nitrogen functional groups attached to an aromatic ring is 1. The fourth-order valence-electron chi connectivity index (χ4n) is 1.24. The molecule has 2 rings (SSSR count). The SMILES string of the molecule is Nc1noc(CCNc2ccccc2)n1. The first-order chi connectivity index (χ1) is 7.34. The van der Waals surface area contributed by atoms with Crippen LogP contribution in [0.1, 0.15) is 5.89 Å². The van der Waals surface area contributed by atoms with Crippen LogP contribution in [-0.4, -0.2) is 16.7 Å². The maximum absolute atomic E-state index is 5.33. The summed E-state index contributed by atoms with van der Waals surface area (Å²) in [6, 6.07) is 9.94. The number of nitrogens with zero attached hydrogens (tertiary/aromatic N) is 2. The van der Waals surface area contributed by atoms with Crippen molar-refractivity contribution in [1.29, 1.82) is 0 Å². The molecule has 2 aromatic rings. The average Bonchev–Trinajstić information content (AvgIpc) is 2.66. The van der Waals surface area contributed by atoms with E-state index >= 15 is 0 Å². The van der Waals surface area contributed by atoms with E-state index in [4.69, 9.17) is 10.3 Å². The lowest BCUT2D eigenvalue weighted by molar-refractivity contribution is 0.381. The van der Waals surface area contributed by atoms with Crippen molar-refractivity contribution >= 4 is 11.6 Å². The lowest BCUT2D eigenvalue weighted by atomic mass is 10.3. The van der Waals surface area contributed by atoms with Crippen molar-refractivity contribution in [2.75, 3.05) is 17.6 Å². The van der Waals surface area contributed by atoms with E-state index in [-0.39, 0.29) is 5.95 Å². The average molecular weight is 204 g/mol. The van der Waals surface area contributed by atoms with E-state index in [9.17, 15) is 0 Å². The van der Waals surface area contributed by atoms with Gasteiger partial charge >= 0.3 is 0 Å². The fraction of sp³-hybridized carbons (Fsp3) is 0.200. The van der Waals surface area contributed by atoms with Crippen LogP contribution < -0.4 is 11.1 Å². The van der Waals surface area contributed by atoms with Crippen molar-refractivity contribution in [2.45, 2.75) is 6.42 Å². The van der Waals surface area contributed by atoms with Gasteiger partial charge in [-0.1, -0.05) is 18.2 Å².